The highest BCUT2D eigenvalue weighted by atomic mass is 35.5. The molecular weight excluding hydrogens is 190 g/mol. The van der Waals surface area contributed by atoms with Crippen molar-refractivity contribution in [3.63, 3.8) is 0 Å². The minimum absolute atomic E-state index is 0.218. The molecule has 1 N–H and O–H groups in total. The highest BCUT2D eigenvalue weighted by Crippen LogP contribution is 1.91. The van der Waals surface area contributed by atoms with Crippen LogP contribution in [0, 0.1) is 0 Å². The SMILES string of the molecule is CCCN(CCO)CCOCCCl. The van der Waals surface area contributed by atoms with Crippen LogP contribution in [0.25, 0.3) is 0 Å². The summed E-state index contributed by atoms with van der Waals surface area (Å²) in [6.07, 6.45) is 1.11. The van der Waals surface area contributed by atoms with Crippen LogP contribution in [0.5, 0.6) is 0 Å². The topological polar surface area (TPSA) is 32.7 Å². The largest absolute Gasteiger partial charge is 0.395 e. The molecule has 4 heteroatoms. The summed E-state index contributed by atoms with van der Waals surface area (Å²) in [6.45, 7) is 6.29. The molecule has 0 aromatic heterocycles. The molecule has 0 aromatic rings. The molecule has 0 rings (SSSR count). The molecule has 0 unspecified atom stereocenters. The van der Waals surface area contributed by atoms with Crippen LogP contribution in [-0.2, 0) is 4.74 Å². The fourth-order valence-electron chi connectivity index (χ4n) is 1.14. The number of nitrogens with zero attached hydrogens (tertiary/aromatic N) is 1. The van der Waals surface area contributed by atoms with Gasteiger partial charge >= 0.3 is 0 Å². The minimum atomic E-state index is 0.218. The van der Waals surface area contributed by atoms with Gasteiger partial charge in [0.05, 0.1) is 19.8 Å². The standard InChI is InChI=1S/C9H20ClNO2/c1-2-4-11(5-7-12)6-9-13-8-3-10/h12H,2-9H2,1H3. The van der Waals surface area contributed by atoms with Crippen LogP contribution in [-0.4, -0.2) is 55.3 Å². The summed E-state index contributed by atoms with van der Waals surface area (Å²) in [5.41, 5.74) is 0. The van der Waals surface area contributed by atoms with Gasteiger partial charge in [-0.05, 0) is 13.0 Å². The normalized spacial score (nSPS) is 11.1. The summed E-state index contributed by atoms with van der Waals surface area (Å²) in [4.78, 5) is 2.19. The zero-order valence-corrected chi connectivity index (χ0v) is 9.09. The summed E-state index contributed by atoms with van der Waals surface area (Å²) >= 11 is 5.46. The second-order valence-corrected chi connectivity index (χ2v) is 3.24. The molecule has 0 aromatic carbocycles. The predicted octanol–water partition coefficient (Wildman–Crippen LogP) is 0.946. The molecule has 0 saturated heterocycles. The Hall–Kier alpha value is 0.170. The smallest absolute Gasteiger partial charge is 0.0602 e. The lowest BCUT2D eigenvalue weighted by atomic mass is 10.4. The molecule has 0 radical (unpaired) electrons. The highest BCUT2D eigenvalue weighted by Gasteiger charge is 2.01. The van der Waals surface area contributed by atoms with Crippen LogP contribution < -0.4 is 0 Å². The summed E-state index contributed by atoms with van der Waals surface area (Å²) in [6, 6.07) is 0. The van der Waals surface area contributed by atoms with Crippen LogP contribution in [0.2, 0.25) is 0 Å². The third kappa shape index (κ3) is 8.50. The lowest BCUT2D eigenvalue weighted by molar-refractivity contribution is 0.105. The number of halogens is 1. The fraction of sp³-hybridized carbons (Fsp3) is 1.00. The van der Waals surface area contributed by atoms with E-state index in [0.717, 1.165) is 26.1 Å². The van der Waals surface area contributed by atoms with Gasteiger partial charge in [0.15, 0.2) is 0 Å². The van der Waals surface area contributed by atoms with Crippen LogP contribution in [0.3, 0.4) is 0 Å². The van der Waals surface area contributed by atoms with Gasteiger partial charge < -0.3 is 9.84 Å². The van der Waals surface area contributed by atoms with Crippen molar-refractivity contribution in [2.45, 2.75) is 13.3 Å². The number of alkyl halides is 1. The van der Waals surface area contributed by atoms with Crippen molar-refractivity contribution in [3.8, 4) is 0 Å². The molecule has 0 aliphatic heterocycles. The number of hydrogen-bond donors (Lipinski definition) is 1. The number of hydrogen-bond acceptors (Lipinski definition) is 3. The van der Waals surface area contributed by atoms with E-state index >= 15 is 0 Å². The van der Waals surface area contributed by atoms with E-state index in [1.165, 1.54) is 0 Å². The third-order valence-corrected chi connectivity index (χ3v) is 1.88. The van der Waals surface area contributed by atoms with Crippen molar-refractivity contribution in [1.82, 2.24) is 4.90 Å². The number of rotatable bonds is 9. The fourth-order valence-corrected chi connectivity index (χ4v) is 1.25. The average Bonchev–Trinajstić information content (AvgIpc) is 2.13. The zero-order chi connectivity index (χ0) is 9.94. The van der Waals surface area contributed by atoms with Crippen molar-refractivity contribution in [1.29, 1.82) is 0 Å². The maximum absolute atomic E-state index is 8.76. The summed E-state index contributed by atoms with van der Waals surface area (Å²) in [7, 11) is 0. The number of ether oxygens (including phenoxy) is 1. The Morgan fingerprint density at radius 1 is 1.23 bits per heavy atom. The molecule has 3 nitrogen and oxygen atoms in total. The molecule has 0 bridgehead atoms. The van der Waals surface area contributed by atoms with Gasteiger partial charge in [-0.2, -0.15) is 0 Å². The van der Waals surface area contributed by atoms with E-state index in [1.807, 2.05) is 0 Å². The Morgan fingerprint density at radius 3 is 2.54 bits per heavy atom. The van der Waals surface area contributed by atoms with Crippen molar-refractivity contribution >= 4 is 11.6 Å². The third-order valence-electron chi connectivity index (χ3n) is 1.73. The highest BCUT2D eigenvalue weighted by molar-refractivity contribution is 6.17. The Labute approximate surface area is 85.6 Å². The van der Waals surface area contributed by atoms with Crippen molar-refractivity contribution in [2.24, 2.45) is 0 Å². The molecule has 0 aliphatic carbocycles. The first-order valence-corrected chi connectivity index (χ1v) is 5.35. The van der Waals surface area contributed by atoms with Gasteiger partial charge in [-0.15, -0.1) is 11.6 Å². The molecule has 0 aliphatic rings. The van der Waals surface area contributed by atoms with E-state index in [4.69, 9.17) is 21.4 Å². The quantitative estimate of drug-likeness (QED) is 0.453. The van der Waals surface area contributed by atoms with Gasteiger partial charge in [0.1, 0.15) is 0 Å². The molecule has 13 heavy (non-hydrogen) atoms. The molecular formula is C9H20ClNO2. The second-order valence-electron chi connectivity index (χ2n) is 2.87. The van der Waals surface area contributed by atoms with Crippen LogP contribution in [0.4, 0.5) is 0 Å². The zero-order valence-electron chi connectivity index (χ0n) is 8.34. The van der Waals surface area contributed by atoms with Crippen LogP contribution >= 0.6 is 11.6 Å². The van der Waals surface area contributed by atoms with E-state index in [-0.39, 0.29) is 6.61 Å². The van der Waals surface area contributed by atoms with E-state index in [9.17, 15) is 0 Å². The first kappa shape index (κ1) is 13.2. The first-order chi connectivity index (χ1) is 6.35. The van der Waals surface area contributed by atoms with Crippen molar-refractivity contribution in [2.75, 3.05) is 45.3 Å². The van der Waals surface area contributed by atoms with Gasteiger partial charge in [-0.3, -0.25) is 4.90 Å². The lowest BCUT2D eigenvalue weighted by Crippen LogP contribution is -2.31. The summed E-state index contributed by atoms with van der Waals surface area (Å²) < 4.78 is 5.25. The van der Waals surface area contributed by atoms with Crippen LogP contribution in [0.1, 0.15) is 13.3 Å². The lowest BCUT2D eigenvalue weighted by Gasteiger charge is -2.19. The molecule has 0 atom stereocenters. The van der Waals surface area contributed by atoms with Gasteiger partial charge in [0, 0.05) is 19.0 Å². The van der Waals surface area contributed by atoms with E-state index in [1.54, 1.807) is 0 Å². The minimum Gasteiger partial charge on any atom is -0.395 e. The monoisotopic (exact) mass is 209 g/mol. The number of aliphatic hydroxyl groups excluding tert-OH is 1. The average molecular weight is 210 g/mol. The van der Waals surface area contributed by atoms with Crippen molar-refractivity contribution < 1.29 is 9.84 Å². The van der Waals surface area contributed by atoms with E-state index in [2.05, 4.69) is 11.8 Å². The van der Waals surface area contributed by atoms with E-state index < -0.39 is 0 Å². The Kier molecular flexibility index (Phi) is 10.4. The molecule has 0 amide bonds. The molecule has 0 fully saturated rings. The first-order valence-electron chi connectivity index (χ1n) is 4.82. The maximum Gasteiger partial charge on any atom is 0.0602 e. The van der Waals surface area contributed by atoms with Gasteiger partial charge in [-0.1, -0.05) is 6.92 Å². The van der Waals surface area contributed by atoms with Crippen LogP contribution in [0.15, 0.2) is 0 Å². The van der Waals surface area contributed by atoms with Gasteiger partial charge in [0.2, 0.25) is 0 Å². The van der Waals surface area contributed by atoms with E-state index in [0.29, 0.717) is 19.1 Å². The Balaban J connectivity index is 3.33. The summed E-state index contributed by atoms with van der Waals surface area (Å²) in [5, 5.41) is 8.76. The molecule has 0 heterocycles. The predicted molar refractivity (Wildman–Crippen MR) is 55.4 cm³/mol. The molecule has 0 saturated carbocycles. The number of aliphatic hydroxyl groups is 1. The van der Waals surface area contributed by atoms with Gasteiger partial charge in [-0.25, -0.2) is 0 Å². The Morgan fingerprint density at radius 2 is 2.00 bits per heavy atom. The second kappa shape index (κ2) is 10.3. The van der Waals surface area contributed by atoms with Crippen molar-refractivity contribution in [3.05, 3.63) is 0 Å². The van der Waals surface area contributed by atoms with Gasteiger partial charge in [0.25, 0.3) is 0 Å². The molecule has 80 valence electrons. The Bertz CT molecular complexity index is 97.6. The maximum atomic E-state index is 8.76. The summed E-state index contributed by atoms with van der Waals surface area (Å²) in [5.74, 6) is 0.549. The molecule has 0 spiro atoms.